The fourth-order valence-electron chi connectivity index (χ4n) is 1.89. The molecule has 0 radical (unpaired) electrons. The van der Waals surface area contributed by atoms with Gasteiger partial charge in [-0.3, -0.25) is 4.79 Å². The van der Waals surface area contributed by atoms with Crippen molar-refractivity contribution in [3.8, 4) is 0 Å². The van der Waals surface area contributed by atoms with Gasteiger partial charge in [-0.25, -0.2) is 4.39 Å². The van der Waals surface area contributed by atoms with Crippen molar-refractivity contribution >= 4 is 11.6 Å². The molecule has 1 aromatic carbocycles. The van der Waals surface area contributed by atoms with Crippen molar-refractivity contribution in [2.45, 2.75) is 31.7 Å². The van der Waals surface area contributed by atoms with Gasteiger partial charge in [0.2, 0.25) is 0 Å². The van der Waals surface area contributed by atoms with Gasteiger partial charge in [0, 0.05) is 11.2 Å². The molecule has 1 amide bonds. The third-order valence-corrected chi connectivity index (χ3v) is 3.11. The van der Waals surface area contributed by atoms with Crippen LogP contribution in [0, 0.1) is 5.82 Å². The summed E-state index contributed by atoms with van der Waals surface area (Å²) < 4.78 is 13.4. The summed E-state index contributed by atoms with van der Waals surface area (Å²) in [4.78, 5) is 11.8. The molecule has 1 aliphatic rings. The number of nitrogens with two attached hydrogens (primary N) is 1. The molecular weight excluding hydrogens is 207 g/mol. The van der Waals surface area contributed by atoms with E-state index in [1.165, 1.54) is 18.2 Å². The summed E-state index contributed by atoms with van der Waals surface area (Å²) >= 11 is 0. The Morgan fingerprint density at radius 2 is 2.19 bits per heavy atom. The molecule has 1 aromatic rings. The van der Waals surface area contributed by atoms with Crippen LogP contribution in [0.15, 0.2) is 18.2 Å². The molecule has 86 valence electrons. The van der Waals surface area contributed by atoms with Gasteiger partial charge in [0.05, 0.1) is 5.56 Å². The van der Waals surface area contributed by atoms with E-state index >= 15 is 0 Å². The average molecular weight is 222 g/mol. The number of rotatable bonds is 2. The number of hydrogen-bond acceptors (Lipinski definition) is 2. The van der Waals surface area contributed by atoms with Crippen molar-refractivity contribution in [1.82, 2.24) is 5.32 Å². The SMILES string of the molecule is CC1(NC(=O)c2cc(N)ccc2F)CCC1. The number of amides is 1. The number of carbonyl (C=O) groups excluding carboxylic acids is 1. The van der Waals surface area contributed by atoms with Crippen LogP contribution in [0.5, 0.6) is 0 Å². The molecule has 0 aromatic heterocycles. The van der Waals surface area contributed by atoms with E-state index in [2.05, 4.69) is 5.32 Å². The van der Waals surface area contributed by atoms with E-state index in [-0.39, 0.29) is 17.0 Å². The third-order valence-electron chi connectivity index (χ3n) is 3.11. The summed E-state index contributed by atoms with van der Waals surface area (Å²) in [6, 6.07) is 4.03. The standard InChI is InChI=1S/C12H15FN2O/c1-12(5-2-6-12)15-11(16)9-7-8(14)3-4-10(9)13/h3-4,7H,2,5-6,14H2,1H3,(H,15,16). The maximum absolute atomic E-state index is 13.4. The van der Waals surface area contributed by atoms with Gasteiger partial charge in [-0.05, 0) is 44.4 Å². The number of halogens is 1. The van der Waals surface area contributed by atoms with Crippen molar-refractivity contribution in [1.29, 1.82) is 0 Å². The quantitative estimate of drug-likeness (QED) is 0.753. The highest BCUT2D eigenvalue weighted by molar-refractivity contribution is 5.95. The van der Waals surface area contributed by atoms with E-state index in [1.54, 1.807) is 0 Å². The monoisotopic (exact) mass is 222 g/mol. The fraction of sp³-hybridized carbons (Fsp3) is 0.417. The topological polar surface area (TPSA) is 55.1 Å². The second kappa shape index (κ2) is 3.77. The first kappa shape index (κ1) is 10.9. The van der Waals surface area contributed by atoms with Gasteiger partial charge in [0.25, 0.3) is 5.91 Å². The van der Waals surface area contributed by atoms with Gasteiger partial charge in [0.15, 0.2) is 0 Å². The molecule has 0 saturated heterocycles. The zero-order chi connectivity index (χ0) is 11.8. The minimum Gasteiger partial charge on any atom is -0.399 e. The smallest absolute Gasteiger partial charge is 0.254 e. The van der Waals surface area contributed by atoms with Gasteiger partial charge in [0.1, 0.15) is 5.82 Å². The van der Waals surface area contributed by atoms with Gasteiger partial charge in [-0.2, -0.15) is 0 Å². The lowest BCUT2D eigenvalue weighted by atomic mass is 9.78. The largest absolute Gasteiger partial charge is 0.399 e. The molecule has 0 unspecified atom stereocenters. The second-order valence-corrected chi connectivity index (χ2v) is 4.61. The van der Waals surface area contributed by atoms with Crippen molar-refractivity contribution < 1.29 is 9.18 Å². The molecule has 4 heteroatoms. The maximum Gasteiger partial charge on any atom is 0.254 e. The molecule has 16 heavy (non-hydrogen) atoms. The lowest BCUT2D eigenvalue weighted by Crippen LogP contribution is -2.51. The molecule has 1 saturated carbocycles. The summed E-state index contributed by atoms with van der Waals surface area (Å²) in [5.74, 6) is -0.915. The number of benzene rings is 1. The Morgan fingerprint density at radius 3 is 2.75 bits per heavy atom. The Hall–Kier alpha value is -1.58. The molecule has 1 aliphatic carbocycles. The zero-order valence-electron chi connectivity index (χ0n) is 9.22. The molecule has 0 heterocycles. The summed E-state index contributed by atoms with van der Waals surface area (Å²) in [5.41, 5.74) is 5.77. The zero-order valence-corrected chi connectivity index (χ0v) is 9.22. The summed E-state index contributed by atoms with van der Waals surface area (Å²) in [7, 11) is 0. The number of anilines is 1. The van der Waals surface area contributed by atoms with Crippen molar-refractivity contribution in [2.75, 3.05) is 5.73 Å². The Labute approximate surface area is 93.8 Å². The van der Waals surface area contributed by atoms with Crippen LogP contribution in [0.25, 0.3) is 0 Å². The lowest BCUT2D eigenvalue weighted by molar-refractivity contribution is 0.0846. The fourth-order valence-corrected chi connectivity index (χ4v) is 1.89. The van der Waals surface area contributed by atoms with E-state index in [1.807, 2.05) is 6.92 Å². The predicted molar refractivity (Wildman–Crippen MR) is 60.5 cm³/mol. The number of nitrogens with one attached hydrogen (secondary N) is 1. The Morgan fingerprint density at radius 1 is 1.50 bits per heavy atom. The number of hydrogen-bond donors (Lipinski definition) is 2. The minimum absolute atomic E-state index is 0.0214. The third kappa shape index (κ3) is 2.01. The molecule has 0 spiro atoms. The average Bonchev–Trinajstić information content (AvgIpc) is 2.19. The van der Waals surface area contributed by atoms with E-state index in [4.69, 9.17) is 5.73 Å². The van der Waals surface area contributed by atoms with E-state index < -0.39 is 5.82 Å². The summed E-state index contributed by atoms with van der Waals surface area (Å²) in [5, 5.41) is 2.84. The van der Waals surface area contributed by atoms with Gasteiger partial charge in [-0.1, -0.05) is 0 Å². The number of nitrogen functional groups attached to an aromatic ring is 1. The molecule has 0 aliphatic heterocycles. The van der Waals surface area contributed by atoms with Crippen LogP contribution in [0.3, 0.4) is 0 Å². The minimum atomic E-state index is -0.533. The van der Waals surface area contributed by atoms with Crippen LogP contribution in [-0.4, -0.2) is 11.4 Å². The first-order chi connectivity index (χ1) is 7.50. The van der Waals surface area contributed by atoms with Crippen LogP contribution in [0.4, 0.5) is 10.1 Å². The predicted octanol–water partition coefficient (Wildman–Crippen LogP) is 2.08. The molecule has 1 fully saturated rings. The van der Waals surface area contributed by atoms with Crippen LogP contribution in [0.1, 0.15) is 36.5 Å². The van der Waals surface area contributed by atoms with Crippen LogP contribution < -0.4 is 11.1 Å². The molecule has 0 atom stereocenters. The molecular formula is C12H15FN2O. The first-order valence-electron chi connectivity index (χ1n) is 5.38. The Balaban J connectivity index is 2.17. The first-order valence-corrected chi connectivity index (χ1v) is 5.38. The van der Waals surface area contributed by atoms with E-state index in [0.717, 1.165) is 19.3 Å². The molecule has 0 bridgehead atoms. The highest BCUT2D eigenvalue weighted by Gasteiger charge is 2.33. The van der Waals surface area contributed by atoms with E-state index in [0.29, 0.717) is 5.69 Å². The summed E-state index contributed by atoms with van der Waals surface area (Å²) in [6.07, 6.45) is 3.00. The van der Waals surface area contributed by atoms with Gasteiger partial charge < -0.3 is 11.1 Å². The van der Waals surface area contributed by atoms with Crippen molar-refractivity contribution in [3.63, 3.8) is 0 Å². The normalized spacial score (nSPS) is 17.6. The van der Waals surface area contributed by atoms with Crippen LogP contribution >= 0.6 is 0 Å². The molecule has 2 rings (SSSR count). The van der Waals surface area contributed by atoms with Crippen molar-refractivity contribution in [3.05, 3.63) is 29.6 Å². The van der Waals surface area contributed by atoms with Gasteiger partial charge in [-0.15, -0.1) is 0 Å². The second-order valence-electron chi connectivity index (χ2n) is 4.61. The Kier molecular flexibility index (Phi) is 2.58. The lowest BCUT2D eigenvalue weighted by Gasteiger charge is -2.39. The Bertz CT molecular complexity index is 427. The highest BCUT2D eigenvalue weighted by atomic mass is 19.1. The van der Waals surface area contributed by atoms with Crippen LogP contribution in [-0.2, 0) is 0 Å². The number of carbonyl (C=O) groups is 1. The molecule has 3 N–H and O–H groups in total. The van der Waals surface area contributed by atoms with Gasteiger partial charge >= 0.3 is 0 Å². The molecule has 3 nitrogen and oxygen atoms in total. The van der Waals surface area contributed by atoms with Crippen molar-refractivity contribution in [2.24, 2.45) is 0 Å². The van der Waals surface area contributed by atoms with E-state index in [9.17, 15) is 9.18 Å². The highest BCUT2D eigenvalue weighted by Crippen LogP contribution is 2.31. The maximum atomic E-state index is 13.4. The van der Waals surface area contributed by atoms with Crippen LogP contribution in [0.2, 0.25) is 0 Å². The summed E-state index contributed by atoms with van der Waals surface area (Å²) in [6.45, 7) is 1.97.